The lowest BCUT2D eigenvalue weighted by molar-refractivity contribution is 0.102. The van der Waals surface area contributed by atoms with Crippen LogP contribution in [0.25, 0.3) is 0 Å². The van der Waals surface area contributed by atoms with Crippen molar-refractivity contribution in [3.8, 4) is 0 Å². The van der Waals surface area contributed by atoms with Gasteiger partial charge in [0.05, 0.1) is 11.8 Å². The van der Waals surface area contributed by atoms with Gasteiger partial charge in [-0.25, -0.2) is 4.99 Å². The van der Waals surface area contributed by atoms with Gasteiger partial charge in [-0.15, -0.1) is 11.3 Å². The molecule has 0 saturated carbocycles. The number of aliphatic imine (C=N–C) groups is 1. The van der Waals surface area contributed by atoms with Crippen LogP contribution in [0, 0.1) is 11.3 Å². The lowest BCUT2D eigenvalue weighted by atomic mass is 9.72. The predicted molar refractivity (Wildman–Crippen MR) is 155 cm³/mol. The van der Waals surface area contributed by atoms with Gasteiger partial charge in [0.15, 0.2) is 5.88 Å². The van der Waals surface area contributed by atoms with Crippen molar-refractivity contribution < 1.29 is 9.21 Å². The molecule has 0 radical (unpaired) electrons. The molecule has 1 fully saturated rings. The Hall–Kier alpha value is -2.57. The topological polar surface area (TPSA) is 57.8 Å². The van der Waals surface area contributed by atoms with E-state index in [1.807, 2.05) is 24.3 Å². The third-order valence-corrected chi connectivity index (χ3v) is 9.05. The monoisotopic (exact) mass is 537 g/mol. The van der Waals surface area contributed by atoms with Gasteiger partial charge < -0.3 is 14.6 Å². The summed E-state index contributed by atoms with van der Waals surface area (Å²) in [6, 6.07) is 11.2. The van der Waals surface area contributed by atoms with Crippen LogP contribution < -0.4 is 10.2 Å². The fraction of sp³-hybridized carbons (Fsp3) is 0.467. The fourth-order valence-electron chi connectivity index (χ4n) is 5.36. The average Bonchev–Trinajstić information content (AvgIpc) is 3.38. The SMILES string of the molecule is CC(C)(C)[C@@H]1CCc2c(sc(N=Cc3ccc(N4CCCCCC4)o3)c2C(=O)Nc2ccc(Cl)cc2)C1. The second-order valence-corrected chi connectivity index (χ2v) is 12.8. The van der Waals surface area contributed by atoms with Crippen molar-refractivity contribution in [2.24, 2.45) is 16.3 Å². The Morgan fingerprint density at radius 3 is 2.54 bits per heavy atom. The van der Waals surface area contributed by atoms with Crippen LogP contribution >= 0.6 is 22.9 Å². The maximum atomic E-state index is 13.5. The Bertz CT molecular complexity index is 1260. The van der Waals surface area contributed by atoms with Crippen LogP contribution in [0.1, 0.15) is 79.4 Å². The summed E-state index contributed by atoms with van der Waals surface area (Å²) in [4.78, 5) is 22.0. The molecule has 1 aliphatic heterocycles. The third kappa shape index (κ3) is 6.12. The molecule has 3 aromatic rings. The lowest BCUT2D eigenvalue weighted by Crippen LogP contribution is -2.27. The van der Waals surface area contributed by atoms with Gasteiger partial charge in [0.1, 0.15) is 10.8 Å². The minimum Gasteiger partial charge on any atom is -0.440 e. The first-order valence-electron chi connectivity index (χ1n) is 13.4. The van der Waals surface area contributed by atoms with Gasteiger partial charge in [0.25, 0.3) is 5.91 Å². The van der Waals surface area contributed by atoms with Crippen LogP contribution in [-0.4, -0.2) is 25.2 Å². The molecular formula is C30H36ClN3O2S. The second-order valence-electron chi connectivity index (χ2n) is 11.3. The van der Waals surface area contributed by atoms with Crippen LogP contribution in [0.15, 0.2) is 45.8 Å². The smallest absolute Gasteiger partial charge is 0.259 e. The van der Waals surface area contributed by atoms with E-state index in [1.54, 1.807) is 29.7 Å². The molecule has 196 valence electrons. The first kappa shape index (κ1) is 26.1. The first-order chi connectivity index (χ1) is 17.8. The zero-order valence-electron chi connectivity index (χ0n) is 22.0. The van der Waals surface area contributed by atoms with Crippen molar-refractivity contribution in [3.05, 3.63) is 63.2 Å². The number of furan rings is 1. The Kier molecular flexibility index (Phi) is 7.77. The molecule has 37 heavy (non-hydrogen) atoms. The summed E-state index contributed by atoms with van der Waals surface area (Å²) in [5, 5.41) is 4.45. The molecule has 7 heteroatoms. The summed E-state index contributed by atoms with van der Waals surface area (Å²) in [6.45, 7) is 8.99. The van der Waals surface area contributed by atoms with E-state index in [1.165, 1.54) is 30.6 Å². The van der Waals surface area contributed by atoms with E-state index in [2.05, 4.69) is 31.0 Å². The molecule has 5 rings (SSSR count). The number of benzene rings is 1. The average molecular weight is 538 g/mol. The number of nitrogens with one attached hydrogen (secondary N) is 1. The second kappa shape index (κ2) is 11.0. The van der Waals surface area contributed by atoms with E-state index in [0.29, 0.717) is 22.3 Å². The summed E-state index contributed by atoms with van der Waals surface area (Å²) >= 11 is 7.68. The van der Waals surface area contributed by atoms with Gasteiger partial charge in [-0.3, -0.25) is 4.79 Å². The van der Waals surface area contributed by atoms with Gasteiger partial charge in [-0.05, 0) is 79.3 Å². The molecule has 1 saturated heterocycles. The van der Waals surface area contributed by atoms with E-state index in [-0.39, 0.29) is 11.3 Å². The molecule has 2 aliphatic rings. The Morgan fingerprint density at radius 2 is 1.84 bits per heavy atom. The minimum absolute atomic E-state index is 0.120. The first-order valence-corrected chi connectivity index (χ1v) is 14.6. The summed E-state index contributed by atoms with van der Waals surface area (Å²) < 4.78 is 6.14. The number of fused-ring (bicyclic) bond motifs is 1. The van der Waals surface area contributed by atoms with Crippen molar-refractivity contribution in [1.29, 1.82) is 0 Å². The number of nitrogens with zero attached hydrogens (tertiary/aromatic N) is 2. The number of anilines is 2. The van der Waals surface area contributed by atoms with Gasteiger partial charge in [0, 0.05) is 34.7 Å². The Balaban J connectivity index is 1.42. The minimum atomic E-state index is -0.120. The summed E-state index contributed by atoms with van der Waals surface area (Å²) in [7, 11) is 0. The Labute approximate surface area is 228 Å². The molecule has 0 spiro atoms. The van der Waals surface area contributed by atoms with E-state index in [0.717, 1.165) is 54.5 Å². The van der Waals surface area contributed by atoms with Crippen LogP contribution in [0.5, 0.6) is 0 Å². The van der Waals surface area contributed by atoms with Gasteiger partial charge >= 0.3 is 0 Å². The molecule has 1 atom stereocenters. The number of rotatable bonds is 5. The van der Waals surface area contributed by atoms with E-state index >= 15 is 0 Å². The maximum absolute atomic E-state index is 13.5. The van der Waals surface area contributed by atoms with Gasteiger partial charge in [0.2, 0.25) is 0 Å². The predicted octanol–water partition coefficient (Wildman–Crippen LogP) is 8.53. The molecule has 0 bridgehead atoms. The van der Waals surface area contributed by atoms with E-state index in [4.69, 9.17) is 21.0 Å². The highest BCUT2D eigenvalue weighted by atomic mass is 35.5. The number of carbonyl (C=O) groups is 1. The largest absolute Gasteiger partial charge is 0.440 e. The number of thiophene rings is 1. The van der Waals surface area contributed by atoms with Crippen LogP contribution in [0.4, 0.5) is 16.6 Å². The highest BCUT2D eigenvalue weighted by Crippen LogP contribution is 2.45. The zero-order chi connectivity index (χ0) is 26.0. The van der Waals surface area contributed by atoms with Crippen molar-refractivity contribution in [2.75, 3.05) is 23.3 Å². The Morgan fingerprint density at radius 1 is 1.11 bits per heavy atom. The van der Waals surface area contributed by atoms with Crippen LogP contribution in [-0.2, 0) is 12.8 Å². The number of carbonyl (C=O) groups excluding carboxylic acids is 1. The summed E-state index contributed by atoms with van der Waals surface area (Å²) in [5.74, 6) is 2.08. The molecule has 2 aromatic heterocycles. The van der Waals surface area contributed by atoms with Crippen LogP contribution in [0.3, 0.4) is 0 Å². The van der Waals surface area contributed by atoms with E-state index < -0.39 is 0 Å². The summed E-state index contributed by atoms with van der Waals surface area (Å²) in [6.07, 6.45) is 9.69. The van der Waals surface area contributed by atoms with Crippen molar-refractivity contribution in [1.82, 2.24) is 0 Å². The number of halogens is 1. The zero-order valence-corrected chi connectivity index (χ0v) is 23.6. The van der Waals surface area contributed by atoms with E-state index in [9.17, 15) is 4.79 Å². The number of hydrogen-bond donors (Lipinski definition) is 1. The molecule has 1 amide bonds. The summed E-state index contributed by atoms with van der Waals surface area (Å²) in [5.41, 5.74) is 2.79. The van der Waals surface area contributed by atoms with Crippen molar-refractivity contribution in [3.63, 3.8) is 0 Å². The molecule has 1 N–H and O–H groups in total. The van der Waals surface area contributed by atoms with Gasteiger partial charge in [-0.2, -0.15) is 0 Å². The number of amides is 1. The fourth-order valence-corrected chi connectivity index (χ4v) is 6.75. The normalized spacial score (nSPS) is 18.6. The molecule has 1 aromatic carbocycles. The van der Waals surface area contributed by atoms with Crippen LogP contribution in [0.2, 0.25) is 5.02 Å². The highest BCUT2D eigenvalue weighted by Gasteiger charge is 2.33. The lowest BCUT2D eigenvalue weighted by Gasteiger charge is -2.33. The molecule has 3 heterocycles. The molecular weight excluding hydrogens is 502 g/mol. The highest BCUT2D eigenvalue weighted by molar-refractivity contribution is 7.16. The van der Waals surface area contributed by atoms with Gasteiger partial charge in [-0.1, -0.05) is 45.2 Å². The standard InChI is InChI=1S/C30H36ClN3O2S/c1-30(2,3)20-8-14-24-25(18-20)37-29(27(24)28(35)33-22-11-9-21(31)10-12-22)32-19-23-13-15-26(36-23)34-16-6-4-5-7-17-34/h9-13,15,19-20H,4-8,14,16-18H2,1-3H3,(H,33,35)/t20-/m1/s1. The van der Waals surface area contributed by atoms with Crippen molar-refractivity contribution in [2.45, 2.75) is 65.7 Å². The third-order valence-electron chi connectivity index (χ3n) is 7.64. The molecule has 1 aliphatic carbocycles. The number of hydrogen-bond acceptors (Lipinski definition) is 5. The van der Waals surface area contributed by atoms with Crippen molar-refractivity contribution >= 4 is 51.6 Å². The molecule has 0 unspecified atom stereocenters. The molecule has 5 nitrogen and oxygen atoms in total. The quantitative estimate of drug-likeness (QED) is 0.332. The maximum Gasteiger partial charge on any atom is 0.259 e.